The van der Waals surface area contributed by atoms with Crippen molar-refractivity contribution in [3.63, 3.8) is 0 Å². The van der Waals surface area contributed by atoms with Crippen LogP contribution in [-0.2, 0) is 23.8 Å². The summed E-state index contributed by atoms with van der Waals surface area (Å²) in [4.78, 5) is 29.2. The Bertz CT molecular complexity index is 1170. The van der Waals surface area contributed by atoms with Gasteiger partial charge in [0.1, 0.15) is 5.82 Å². The first-order chi connectivity index (χ1) is 14.1. The minimum atomic E-state index is -4.70. The summed E-state index contributed by atoms with van der Waals surface area (Å²) in [7, 11) is 0. The number of aromatic nitrogens is 2. The Morgan fingerprint density at radius 3 is 2.50 bits per heavy atom. The molecule has 0 fully saturated rings. The Balaban J connectivity index is 2.03. The largest absolute Gasteiger partial charge is 0.418 e. The van der Waals surface area contributed by atoms with Gasteiger partial charge in [-0.2, -0.15) is 13.2 Å². The lowest BCUT2D eigenvalue weighted by molar-refractivity contribution is -0.136. The second-order valence-electron chi connectivity index (χ2n) is 6.58. The SMILES string of the molecule is CCCc1nc2c(C(F)(F)F)cccc2c(=O)n1NC(=O)Cc1ccc(F)c(F)c1. The van der Waals surface area contributed by atoms with Gasteiger partial charge in [0, 0.05) is 6.42 Å². The molecule has 1 aromatic heterocycles. The molecule has 1 amide bonds. The number of aryl methyl sites for hydroxylation is 1. The van der Waals surface area contributed by atoms with Crippen LogP contribution < -0.4 is 11.0 Å². The molecule has 1 N–H and O–H groups in total. The number of para-hydroxylation sites is 1. The van der Waals surface area contributed by atoms with Crippen LogP contribution in [0.5, 0.6) is 0 Å². The molecule has 30 heavy (non-hydrogen) atoms. The van der Waals surface area contributed by atoms with Crippen LogP contribution in [0.15, 0.2) is 41.2 Å². The van der Waals surface area contributed by atoms with E-state index < -0.39 is 40.4 Å². The third-order valence-corrected chi connectivity index (χ3v) is 4.33. The van der Waals surface area contributed by atoms with Crippen LogP contribution in [0.1, 0.15) is 30.3 Å². The minimum Gasteiger partial charge on any atom is -0.273 e. The second-order valence-corrected chi connectivity index (χ2v) is 6.58. The highest BCUT2D eigenvalue weighted by Crippen LogP contribution is 2.33. The lowest BCUT2D eigenvalue weighted by Crippen LogP contribution is -2.37. The predicted octanol–water partition coefficient (Wildman–Crippen LogP) is 3.96. The monoisotopic (exact) mass is 425 g/mol. The average molecular weight is 425 g/mol. The van der Waals surface area contributed by atoms with E-state index >= 15 is 0 Å². The molecule has 0 bridgehead atoms. The number of halogens is 5. The van der Waals surface area contributed by atoms with E-state index in [2.05, 4.69) is 10.4 Å². The number of carbonyl (C=O) groups excluding carboxylic acids is 1. The molecule has 158 valence electrons. The smallest absolute Gasteiger partial charge is 0.273 e. The zero-order chi connectivity index (χ0) is 22.1. The number of alkyl halides is 3. The first-order valence-corrected chi connectivity index (χ1v) is 8.97. The number of hydrogen-bond donors (Lipinski definition) is 1. The Morgan fingerprint density at radius 1 is 1.13 bits per heavy atom. The molecule has 0 aliphatic rings. The van der Waals surface area contributed by atoms with Crippen LogP contribution in [0.3, 0.4) is 0 Å². The fourth-order valence-electron chi connectivity index (χ4n) is 2.99. The van der Waals surface area contributed by atoms with E-state index in [1.807, 2.05) is 0 Å². The third kappa shape index (κ3) is 4.32. The molecule has 10 heteroatoms. The van der Waals surface area contributed by atoms with Gasteiger partial charge in [-0.1, -0.05) is 19.1 Å². The van der Waals surface area contributed by atoms with Crippen LogP contribution in [0, 0.1) is 11.6 Å². The maximum atomic E-state index is 13.3. The lowest BCUT2D eigenvalue weighted by Gasteiger charge is -2.16. The topological polar surface area (TPSA) is 64.0 Å². The van der Waals surface area contributed by atoms with Gasteiger partial charge in [-0.15, -0.1) is 0 Å². The van der Waals surface area contributed by atoms with Crippen LogP contribution in [0.4, 0.5) is 22.0 Å². The first-order valence-electron chi connectivity index (χ1n) is 8.97. The van der Waals surface area contributed by atoms with E-state index in [0.717, 1.165) is 28.9 Å². The fourth-order valence-corrected chi connectivity index (χ4v) is 2.99. The van der Waals surface area contributed by atoms with Crippen LogP contribution in [0.2, 0.25) is 0 Å². The molecular weight excluding hydrogens is 409 g/mol. The molecule has 0 aliphatic carbocycles. The number of nitrogens with one attached hydrogen (secondary N) is 1. The van der Waals surface area contributed by atoms with Crippen LogP contribution >= 0.6 is 0 Å². The van der Waals surface area contributed by atoms with Crippen molar-refractivity contribution >= 4 is 16.8 Å². The van der Waals surface area contributed by atoms with Gasteiger partial charge < -0.3 is 0 Å². The molecule has 1 heterocycles. The molecule has 0 saturated heterocycles. The first kappa shape index (κ1) is 21.4. The van der Waals surface area contributed by atoms with Crippen molar-refractivity contribution in [2.75, 3.05) is 5.43 Å². The summed E-state index contributed by atoms with van der Waals surface area (Å²) in [6, 6.07) is 6.02. The molecule has 0 spiro atoms. The van der Waals surface area contributed by atoms with Gasteiger partial charge >= 0.3 is 6.18 Å². The normalized spacial score (nSPS) is 11.7. The van der Waals surface area contributed by atoms with Gasteiger partial charge in [0.15, 0.2) is 11.6 Å². The van der Waals surface area contributed by atoms with E-state index in [9.17, 15) is 31.5 Å². The summed E-state index contributed by atoms with van der Waals surface area (Å²) in [6.45, 7) is 1.74. The fraction of sp³-hybridized carbons (Fsp3) is 0.250. The number of benzene rings is 2. The average Bonchev–Trinajstić information content (AvgIpc) is 2.67. The molecule has 2 aromatic carbocycles. The number of nitrogens with zero attached hydrogens (tertiary/aromatic N) is 2. The highest BCUT2D eigenvalue weighted by Gasteiger charge is 2.34. The van der Waals surface area contributed by atoms with Crippen molar-refractivity contribution in [2.45, 2.75) is 32.4 Å². The lowest BCUT2D eigenvalue weighted by atomic mass is 10.1. The van der Waals surface area contributed by atoms with E-state index in [1.54, 1.807) is 6.92 Å². The zero-order valence-corrected chi connectivity index (χ0v) is 15.7. The summed E-state index contributed by atoms with van der Waals surface area (Å²) in [5.74, 6) is -2.99. The number of hydrogen-bond acceptors (Lipinski definition) is 3. The Labute approximate surface area is 167 Å². The molecule has 0 atom stereocenters. The van der Waals surface area contributed by atoms with Gasteiger partial charge in [-0.3, -0.25) is 15.0 Å². The van der Waals surface area contributed by atoms with E-state index in [-0.39, 0.29) is 29.6 Å². The molecule has 0 radical (unpaired) electrons. The van der Waals surface area contributed by atoms with Gasteiger partial charge in [0.2, 0.25) is 5.91 Å². The number of carbonyl (C=O) groups is 1. The summed E-state index contributed by atoms with van der Waals surface area (Å²) in [5, 5.41) is -0.308. The second kappa shape index (κ2) is 8.21. The Kier molecular flexibility index (Phi) is 5.86. The molecule has 0 aliphatic heterocycles. The molecular formula is C20H16F5N3O2. The maximum Gasteiger partial charge on any atom is 0.418 e. The minimum absolute atomic E-state index is 0.0506. The van der Waals surface area contributed by atoms with Gasteiger partial charge in [0.05, 0.1) is 22.9 Å². The van der Waals surface area contributed by atoms with Crippen LogP contribution in [0.25, 0.3) is 10.9 Å². The highest BCUT2D eigenvalue weighted by atomic mass is 19.4. The van der Waals surface area contributed by atoms with Crippen molar-refractivity contribution in [2.24, 2.45) is 0 Å². The van der Waals surface area contributed by atoms with Gasteiger partial charge in [-0.05, 0) is 36.2 Å². The van der Waals surface area contributed by atoms with Crippen molar-refractivity contribution in [1.29, 1.82) is 0 Å². The van der Waals surface area contributed by atoms with Crippen molar-refractivity contribution in [3.05, 3.63) is 75.3 Å². The molecule has 0 saturated carbocycles. The standard InChI is InChI=1S/C20H16F5N3O2/c1-2-4-16-26-18-12(5-3-6-13(18)20(23,24)25)19(30)28(16)27-17(29)10-11-7-8-14(21)15(22)9-11/h3,5-9H,2,4,10H2,1H3,(H,27,29). The summed E-state index contributed by atoms with van der Waals surface area (Å²) < 4.78 is 67.1. The maximum absolute atomic E-state index is 13.3. The number of fused-ring (bicyclic) bond motifs is 1. The molecule has 5 nitrogen and oxygen atoms in total. The quantitative estimate of drug-likeness (QED) is 0.630. The molecule has 3 rings (SSSR count). The third-order valence-electron chi connectivity index (χ3n) is 4.33. The zero-order valence-electron chi connectivity index (χ0n) is 15.7. The Hall–Kier alpha value is -3.30. The van der Waals surface area contributed by atoms with E-state index in [4.69, 9.17) is 0 Å². The molecule has 0 unspecified atom stereocenters. The van der Waals surface area contributed by atoms with Gasteiger partial charge in [0.25, 0.3) is 5.56 Å². The highest BCUT2D eigenvalue weighted by molar-refractivity contribution is 5.87. The summed E-state index contributed by atoms with van der Waals surface area (Å²) >= 11 is 0. The number of amides is 1. The number of rotatable bonds is 5. The summed E-state index contributed by atoms with van der Waals surface area (Å²) in [6.07, 6.45) is -4.51. The summed E-state index contributed by atoms with van der Waals surface area (Å²) in [5.41, 5.74) is 0.0491. The van der Waals surface area contributed by atoms with Crippen molar-refractivity contribution in [3.8, 4) is 0 Å². The van der Waals surface area contributed by atoms with Crippen LogP contribution in [-0.4, -0.2) is 15.6 Å². The van der Waals surface area contributed by atoms with Gasteiger partial charge in [-0.25, -0.2) is 18.4 Å². The van der Waals surface area contributed by atoms with E-state index in [1.165, 1.54) is 12.1 Å². The van der Waals surface area contributed by atoms with E-state index in [0.29, 0.717) is 6.42 Å². The molecule has 3 aromatic rings. The van der Waals surface area contributed by atoms with Crippen molar-refractivity contribution < 1.29 is 26.7 Å². The Morgan fingerprint density at radius 2 is 1.87 bits per heavy atom. The predicted molar refractivity (Wildman–Crippen MR) is 99.4 cm³/mol. The van der Waals surface area contributed by atoms with Crippen molar-refractivity contribution in [1.82, 2.24) is 9.66 Å².